The molecule has 0 saturated carbocycles. The van der Waals surface area contributed by atoms with Crippen molar-refractivity contribution in [2.24, 2.45) is 0 Å². The summed E-state index contributed by atoms with van der Waals surface area (Å²) in [6.45, 7) is 3.87. The first-order chi connectivity index (χ1) is 15.2. The van der Waals surface area contributed by atoms with Crippen molar-refractivity contribution in [2.75, 3.05) is 0 Å². The number of aliphatic hydroxyl groups is 1. The highest BCUT2D eigenvalue weighted by atomic mass is 32.2. The lowest BCUT2D eigenvalue weighted by atomic mass is 9.86. The fraction of sp³-hybridized carbons (Fsp3) is 0.474. The van der Waals surface area contributed by atoms with E-state index in [1.807, 2.05) is 0 Å². The maximum absolute atomic E-state index is 12.8. The number of oxazole rings is 1. The summed E-state index contributed by atoms with van der Waals surface area (Å²) in [5, 5.41) is 10.8. The van der Waals surface area contributed by atoms with Crippen LogP contribution >= 0.6 is 0 Å². The summed E-state index contributed by atoms with van der Waals surface area (Å²) >= 11 is 0. The molecule has 0 radical (unpaired) electrons. The molecule has 14 heteroatoms. The first-order valence-electron chi connectivity index (χ1n) is 9.45. The van der Waals surface area contributed by atoms with E-state index in [2.05, 4.69) is 4.98 Å². The third-order valence-corrected chi connectivity index (χ3v) is 6.19. The van der Waals surface area contributed by atoms with Crippen LogP contribution in [-0.2, 0) is 48.4 Å². The number of aromatic nitrogens is 1. The van der Waals surface area contributed by atoms with Crippen molar-refractivity contribution in [1.29, 1.82) is 0 Å². The Morgan fingerprint density at radius 3 is 2.12 bits per heavy atom. The summed E-state index contributed by atoms with van der Waals surface area (Å²) < 4.78 is 62.0. The van der Waals surface area contributed by atoms with E-state index in [1.54, 1.807) is 12.1 Å². The number of aliphatic hydroxyl groups excluding tert-OH is 1. The molecule has 1 aromatic heterocycles. The predicted molar refractivity (Wildman–Crippen MR) is 106 cm³/mol. The third kappa shape index (κ3) is 4.17. The minimum absolute atomic E-state index is 0.0625. The third-order valence-electron chi connectivity index (χ3n) is 4.92. The molecular formula is C19H21NO12S. The molecule has 2 N–H and O–H groups in total. The van der Waals surface area contributed by atoms with Gasteiger partial charge in [-0.25, -0.2) is 4.98 Å². The van der Waals surface area contributed by atoms with Crippen molar-refractivity contribution in [2.45, 2.75) is 56.7 Å². The second-order valence-corrected chi connectivity index (χ2v) is 8.99. The average molecular weight is 487 g/mol. The first-order valence-corrected chi connectivity index (χ1v) is 10.9. The van der Waals surface area contributed by atoms with Gasteiger partial charge in [-0.3, -0.25) is 18.9 Å². The lowest BCUT2D eigenvalue weighted by Gasteiger charge is -2.51. The van der Waals surface area contributed by atoms with Crippen LogP contribution in [0.15, 0.2) is 28.7 Å². The minimum Gasteiger partial charge on any atom is -0.454 e. The van der Waals surface area contributed by atoms with Crippen LogP contribution < -0.4 is 0 Å². The maximum atomic E-state index is 12.8. The van der Waals surface area contributed by atoms with Crippen molar-refractivity contribution < 1.29 is 55.8 Å². The van der Waals surface area contributed by atoms with Crippen LogP contribution in [0.5, 0.6) is 0 Å². The summed E-state index contributed by atoms with van der Waals surface area (Å²) in [4.78, 5) is 36.4. The molecule has 1 fully saturated rings. The number of rotatable bonds is 5. The molecule has 2 aromatic rings. The Hall–Kier alpha value is -3.07. The highest BCUT2D eigenvalue weighted by molar-refractivity contribution is 7.86. The molecule has 2 heterocycles. The number of benzene rings is 1. The van der Waals surface area contributed by atoms with Gasteiger partial charge in [-0.1, -0.05) is 12.1 Å². The number of para-hydroxylation sites is 2. The predicted octanol–water partition coefficient (Wildman–Crippen LogP) is 0.402. The topological polar surface area (TPSA) is 189 Å². The van der Waals surface area contributed by atoms with Gasteiger partial charge in [0.25, 0.3) is 5.89 Å². The molecule has 180 valence electrons. The van der Waals surface area contributed by atoms with E-state index in [4.69, 9.17) is 23.4 Å². The lowest BCUT2D eigenvalue weighted by molar-refractivity contribution is -0.343. The van der Waals surface area contributed by atoms with E-state index < -0.39 is 62.9 Å². The van der Waals surface area contributed by atoms with Crippen molar-refractivity contribution >= 4 is 39.1 Å². The molecule has 0 spiro atoms. The van der Waals surface area contributed by atoms with Crippen LogP contribution in [-0.4, -0.2) is 65.1 Å². The Morgan fingerprint density at radius 2 is 1.61 bits per heavy atom. The Kier molecular flexibility index (Phi) is 6.23. The highest BCUT2D eigenvalue weighted by Crippen LogP contribution is 2.49. The number of fused-ring (bicyclic) bond motifs is 1. The second kappa shape index (κ2) is 8.37. The number of ether oxygens (including phenoxy) is 4. The summed E-state index contributed by atoms with van der Waals surface area (Å²) in [6.07, 6.45) is -6.58. The lowest BCUT2D eigenvalue weighted by Crippen LogP contribution is -2.72. The van der Waals surface area contributed by atoms with Crippen LogP contribution in [0.1, 0.15) is 33.6 Å². The van der Waals surface area contributed by atoms with Crippen LogP contribution in [0.25, 0.3) is 11.1 Å². The van der Waals surface area contributed by atoms with Gasteiger partial charge in [-0.05, 0) is 19.1 Å². The fourth-order valence-electron chi connectivity index (χ4n) is 3.60. The van der Waals surface area contributed by atoms with Gasteiger partial charge in [0.1, 0.15) is 5.52 Å². The Balaban J connectivity index is 2.36. The summed E-state index contributed by atoms with van der Waals surface area (Å²) in [5.41, 5.74) is -2.09. The van der Waals surface area contributed by atoms with E-state index >= 15 is 0 Å². The highest BCUT2D eigenvalue weighted by Gasteiger charge is 2.73. The van der Waals surface area contributed by atoms with E-state index in [9.17, 15) is 32.5 Å². The van der Waals surface area contributed by atoms with Crippen LogP contribution in [0.2, 0.25) is 0 Å². The van der Waals surface area contributed by atoms with Crippen molar-refractivity contribution in [1.82, 2.24) is 4.98 Å². The van der Waals surface area contributed by atoms with Crippen molar-refractivity contribution in [3.63, 3.8) is 0 Å². The van der Waals surface area contributed by atoms with Gasteiger partial charge in [-0.15, -0.1) is 0 Å². The maximum Gasteiger partial charge on any atom is 0.314 e. The Bertz CT molecular complexity index is 1170. The first kappa shape index (κ1) is 24.6. The van der Waals surface area contributed by atoms with E-state index in [0.717, 1.165) is 27.7 Å². The molecular weight excluding hydrogens is 466 g/mol. The SMILES string of the molecule is CC(=O)O[C@H]1[C@H](OC(C)=O)[C@@](C)(OC(C)=O)[C@H](O)OC1(c1nc2ccccc2o1)S(=O)(=O)O. The molecule has 1 unspecified atom stereocenters. The van der Waals surface area contributed by atoms with Gasteiger partial charge in [-0.2, -0.15) is 8.42 Å². The van der Waals surface area contributed by atoms with Crippen LogP contribution in [0.4, 0.5) is 0 Å². The molecule has 1 aliphatic rings. The zero-order chi connectivity index (χ0) is 24.8. The number of hydrogen-bond donors (Lipinski definition) is 2. The quantitative estimate of drug-likeness (QED) is 0.335. The molecule has 3 rings (SSSR count). The zero-order valence-corrected chi connectivity index (χ0v) is 18.7. The van der Waals surface area contributed by atoms with Crippen LogP contribution in [0, 0.1) is 0 Å². The normalized spacial score (nSPS) is 29.9. The molecule has 0 aliphatic carbocycles. The van der Waals surface area contributed by atoms with Gasteiger partial charge in [0.05, 0.1) is 0 Å². The summed E-state index contributed by atoms with van der Waals surface area (Å²) in [7, 11) is -5.51. The monoisotopic (exact) mass is 487 g/mol. The van der Waals surface area contributed by atoms with Crippen molar-refractivity contribution in [3.8, 4) is 0 Å². The minimum atomic E-state index is -5.51. The Labute approximate surface area is 187 Å². The number of esters is 3. The van der Waals surface area contributed by atoms with E-state index in [1.165, 1.54) is 12.1 Å². The largest absolute Gasteiger partial charge is 0.454 e. The summed E-state index contributed by atoms with van der Waals surface area (Å²) in [5.74, 6) is -3.92. The standard InChI is InChI=1S/C19H21NO12S/c1-9(21)28-14-15(29-10(2)22)19(33(25,26)27,32-17(24)18(14,4)31-11(3)23)16-20-12-7-5-6-8-13(12)30-16/h5-8,14-15,17,24H,1-4H3,(H,25,26,27)/t14-,15-,17+,18+,19?/m0/s1. The fourth-order valence-corrected chi connectivity index (χ4v) is 4.58. The second-order valence-electron chi connectivity index (χ2n) is 7.44. The number of nitrogens with zero attached hydrogens (tertiary/aromatic N) is 1. The molecule has 1 aliphatic heterocycles. The van der Waals surface area contributed by atoms with Gasteiger partial charge in [0.15, 0.2) is 23.4 Å². The van der Waals surface area contributed by atoms with Crippen LogP contribution in [0.3, 0.4) is 0 Å². The number of hydrogen-bond acceptors (Lipinski definition) is 12. The molecule has 1 aromatic carbocycles. The van der Waals surface area contributed by atoms with Gasteiger partial charge >= 0.3 is 33.0 Å². The Morgan fingerprint density at radius 1 is 1.03 bits per heavy atom. The van der Waals surface area contributed by atoms with Gasteiger partial charge in [0.2, 0.25) is 6.29 Å². The molecule has 33 heavy (non-hydrogen) atoms. The van der Waals surface area contributed by atoms with Gasteiger partial charge in [0, 0.05) is 20.8 Å². The van der Waals surface area contributed by atoms with E-state index in [0.29, 0.717) is 0 Å². The molecule has 1 saturated heterocycles. The number of carbonyl (C=O) groups excluding carboxylic acids is 3. The van der Waals surface area contributed by atoms with Gasteiger partial charge < -0.3 is 28.5 Å². The molecule has 5 atom stereocenters. The zero-order valence-electron chi connectivity index (χ0n) is 17.9. The average Bonchev–Trinajstić information content (AvgIpc) is 3.10. The summed E-state index contributed by atoms with van der Waals surface area (Å²) in [6, 6.07) is 5.99. The smallest absolute Gasteiger partial charge is 0.314 e. The molecule has 13 nitrogen and oxygen atoms in total. The molecule has 0 bridgehead atoms. The molecule has 0 amide bonds. The number of carbonyl (C=O) groups is 3. The van der Waals surface area contributed by atoms with Crippen molar-refractivity contribution in [3.05, 3.63) is 30.2 Å². The van der Waals surface area contributed by atoms with E-state index in [-0.39, 0.29) is 11.1 Å².